The molecule has 1 fully saturated rings. The summed E-state index contributed by atoms with van der Waals surface area (Å²) >= 11 is 0. The van der Waals surface area contributed by atoms with Crippen molar-refractivity contribution >= 4 is 17.8 Å². The van der Waals surface area contributed by atoms with Crippen LogP contribution in [0, 0.1) is 0 Å². The Balaban J connectivity index is 2.48. The van der Waals surface area contributed by atoms with E-state index in [9.17, 15) is 14.4 Å². The quantitative estimate of drug-likeness (QED) is 0.538. The van der Waals surface area contributed by atoms with Crippen LogP contribution in [-0.4, -0.2) is 17.8 Å². The van der Waals surface area contributed by atoms with E-state index in [1.165, 1.54) is 0 Å². The van der Waals surface area contributed by atoms with E-state index in [0.29, 0.717) is 5.56 Å². The summed E-state index contributed by atoms with van der Waals surface area (Å²) < 4.78 is 0. The van der Waals surface area contributed by atoms with Crippen molar-refractivity contribution in [3.05, 3.63) is 35.9 Å². The second kappa shape index (κ2) is 3.42. The van der Waals surface area contributed by atoms with Crippen molar-refractivity contribution in [1.29, 1.82) is 0 Å². The molecule has 2 rings (SSSR count). The number of hydrogen-bond acceptors (Lipinski definition) is 4. The third-order valence-corrected chi connectivity index (χ3v) is 2.40. The highest BCUT2D eigenvalue weighted by Crippen LogP contribution is 2.20. The molecule has 6 heteroatoms. The molecule has 4 amide bonds. The van der Waals surface area contributed by atoms with Gasteiger partial charge in [-0.25, -0.2) is 4.79 Å². The van der Waals surface area contributed by atoms with Crippen molar-refractivity contribution in [2.24, 2.45) is 5.73 Å². The number of nitrogens with one attached hydrogen (secondary N) is 2. The first-order valence-electron chi connectivity index (χ1n) is 4.56. The lowest BCUT2D eigenvalue weighted by Crippen LogP contribution is -2.68. The molecular formula is C10H9N3O3. The molecular weight excluding hydrogens is 210 g/mol. The van der Waals surface area contributed by atoms with E-state index < -0.39 is 23.4 Å². The number of nitrogens with two attached hydrogens (primary N) is 1. The molecule has 0 unspecified atom stereocenters. The number of amides is 4. The van der Waals surface area contributed by atoms with E-state index in [1.54, 1.807) is 30.3 Å². The Morgan fingerprint density at radius 2 is 1.44 bits per heavy atom. The number of imide groups is 2. The molecule has 0 radical (unpaired) electrons. The lowest BCUT2D eigenvalue weighted by molar-refractivity contribution is -0.138. The zero-order valence-corrected chi connectivity index (χ0v) is 8.19. The Bertz CT molecular complexity index is 449. The molecule has 82 valence electrons. The van der Waals surface area contributed by atoms with Crippen LogP contribution in [0.25, 0.3) is 0 Å². The first-order valence-corrected chi connectivity index (χ1v) is 4.56. The van der Waals surface area contributed by atoms with Gasteiger partial charge in [0.05, 0.1) is 0 Å². The van der Waals surface area contributed by atoms with Crippen LogP contribution >= 0.6 is 0 Å². The van der Waals surface area contributed by atoms with Crippen LogP contribution in [0.4, 0.5) is 4.79 Å². The average Bonchev–Trinajstić information content (AvgIpc) is 2.27. The number of carbonyl (C=O) groups excluding carboxylic acids is 3. The van der Waals surface area contributed by atoms with Crippen molar-refractivity contribution < 1.29 is 14.4 Å². The summed E-state index contributed by atoms with van der Waals surface area (Å²) in [6.07, 6.45) is 0. The lowest BCUT2D eigenvalue weighted by Gasteiger charge is -2.30. The van der Waals surface area contributed by atoms with E-state index in [2.05, 4.69) is 0 Å². The van der Waals surface area contributed by atoms with E-state index in [4.69, 9.17) is 5.73 Å². The highest BCUT2D eigenvalue weighted by molar-refractivity contribution is 6.22. The third-order valence-electron chi connectivity index (χ3n) is 2.40. The van der Waals surface area contributed by atoms with Gasteiger partial charge in [-0.3, -0.25) is 20.2 Å². The predicted octanol–water partition coefficient (Wildman–Crippen LogP) is -0.793. The second-order valence-electron chi connectivity index (χ2n) is 3.41. The molecule has 0 aromatic heterocycles. The van der Waals surface area contributed by atoms with Gasteiger partial charge in [0, 0.05) is 0 Å². The topological polar surface area (TPSA) is 101 Å². The van der Waals surface area contributed by atoms with E-state index >= 15 is 0 Å². The van der Waals surface area contributed by atoms with Crippen LogP contribution in [0.3, 0.4) is 0 Å². The monoisotopic (exact) mass is 219 g/mol. The first-order chi connectivity index (χ1) is 7.55. The third kappa shape index (κ3) is 1.36. The Morgan fingerprint density at radius 3 is 1.94 bits per heavy atom. The molecule has 0 bridgehead atoms. The van der Waals surface area contributed by atoms with Crippen LogP contribution < -0.4 is 16.4 Å². The van der Waals surface area contributed by atoms with Gasteiger partial charge in [0.2, 0.25) is 5.54 Å². The summed E-state index contributed by atoms with van der Waals surface area (Å²) in [4.78, 5) is 34.1. The highest BCUT2D eigenvalue weighted by atomic mass is 16.2. The smallest absolute Gasteiger partial charge is 0.306 e. The van der Waals surface area contributed by atoms with Crippen LogP contribution in [0.5, 0.6) is 0 Å². The highest BCUT2D eigenvalue weighted by Gasteiger charge is 2.48. The van der Waals surface area contributed by atoms with Crippen molar-refractivity contribution in [2.45, 2.75) is 5.54 Å². The molecule has 1 aliphatic heterocycles. The van der Waals surface area contributed by atoms with Crippen LogP contribution in [0.15, 0.2) is 30.3 Å². The van der Waals surface area contributed by atoms with Gasteiger partial charge >= 0.3 is 6.03 Å². The van der Waals surface area contributed by atoms with Crippen molar-refractivity contribution in [1.82, 2.24) is 10.6 Å². The van der Waals surface area contributed by atoms with E-state index in [1.807, 2.05) is 10.6 Å². The minimum atomic E-state index is -1.85. The van der Waals surface area contributed by atoms with Gasteiger partial charge in [-0.15, -0.1) is 0 Å². The van der Waals surface area contributed by atoms with E-state index in [0.717, 1.165) is 0 Å². The summed E-state index contributed by atoms with van der Waals surface area (Å²) in [6, 6.07) is 7.29. The Kier molecular flexibility index (Phi) is 2.21. The molecule has 6 nitrogen and oxygen atoms in total. The van der Waals surface area contributed by atoms with Crippen LogP contribution in [0.2, 0.25) is 0 Å². The fourth-order valence-corrected chi connectivity index (χ4v) is 1.50. The molecule has 0 saturated carbocycles. The fraction of sp³-hybridized carbons (Fsp3) is 0.100. The van der Waals surface area contributed by atoms with Crippen molar-refractivity contribution in [2.75, 3.05) is 0 Å². The van der Waals surface area contributed by atoms with Crippen LogP contribution in [0.1, 0.15) is 5.56 Å². The number of rotatable bonds is 1. The zero-order valence-electron chi connectivity index (χ0n) is 8.19. The van der Waals surface area contributed by atoms with E-state index in [-0.39, 0.29) is 0 Å². The van der Waals surface area contributed by atoms with Gasteiger partial charge in [-0.1, -0.05) is 30.3 Å². The predicted molar refractivity (Wildman–Crippen MR) is 54.0 cm³/mol. The maximum Gasteiger partial charge on any atom is 0.328 e. The fourth-order valence-electron chi connectivity index (χ4n) is 1.50. The number of barbiturate groups is 1. The second-order valence-corrected chi connectivity index (χ2v) is 3.41. The van der Waals surface area contributed by atoms with Gasteiger partial charge in [-0.2, -0.15) is 0 Å². The number of benzene rings is 1. The van der Waals surface area contributed by atoms with Gasteiger partial charge in [0.1, 0.15) is 0 Å². The van der Waals surface area contributed by atoms with Gasteiger partial charge in [-0.05, 0) is 5.56 Å². The first kappa shape index (κ1) is 10.3. The molecule has 1 aromatic carbocycles. The zero-order chi connectivity index (χ0) is 11.8. The summed E-state index contributed by atoms with van der Waals surface area (Å²) in [6.45, 7) is 0. The molecule has 1 aliphatic rings. The van der Waals surface area contributed by atoms with Crippen LogP contribution in [-0.2, 0) is 15.1 Å². The number of urea groups is 1. The molecule has 4 N–H and O–H groups in total. The molecule has 1 heterocycles. The van der Waals surface area contributed by atoms with Gasteiger partial charge in [0.25, 0.3) is 11.8 Å². The SMILES string of the molecule is NC1(c2ccccc2)C(=O)NC(=O)NC1=O. The van der Waals surface area contributed by atoms with Gasteiger partial charge < -0.3 is 5.73 Å². The number of hydrogen-bond donors (Lipinski definition) is 3. The maximum atomic E-state index is 11.6. The van der Waals surface area contributed by atoms with Crippen molar-refractivity contribution in [3.8, 4) is 0 Å². The molecule has 0 spiro atoms. The minimum Gasteiger partial charge on any atom is -0.306 e. The van der Waals surface area contributed by atoms with Gasteiger partial charge in [0.15, 0.2) is 0 Å². The molecule has 1 aromatic rings. The Labute approximate surface area is 90.8 Å². The summed E-state index contributed by atoms with van der Waals surface area (Å²) in [7, 11) is 0. The standard InChI is InChI=1S/C10H9N3O3/c11-10(6-4-2-1-3-5-6)7(14)12-9(16)13-8(10)15/h1-5H,11H2,(H2,12,13,14,15,16). The molecule has 0 aliphatic carbocycles. The lowest BCUT2D eigenvalue weighted by atomic mass is 9.88. The minimum absolute atomic E-state index is 0.331. The average molecular weight is 219 g/mol. The number of carbonyl (C=O) groups is 3. The van der Waals surface area contributed by atoms with Crippen molar-refractivity contribution in [3.63, 3.8) is 0 Å². The molecule has 16 heavy (non-hydrogen) atoms. The maximum absolute atomic E-state index is 11.6. The molecule has 0 atom stereocenters. The normalized spacial score (nSPS) is 18.9. The molecule has 1 saturated heterocycles. The largest absolute Gasteiger partial charge is 0.328 e. The summed E-state index contributed by atoms with van der Waals surface area (Å²) in [5, 5.41) is 3.93. The Morgan fingerprint density at radius 1 is 0.938 bits per heavy atom. The summed E-state index contributed by atoms with van der Waals surface area (Å²) in [5.74, 6) is -1.65. The Hall–Kier alpha value is -2.21. The summed E-state index contributed by atoms with van der Waals surface area (Å²) in [5.41, 5.74) is 4.23.